The number of non-ortho nitro benzene ring substituents is 1. The van der Waals surface area contributed by atoms with Crippen LogP contribution in [0.3, 0.4) is 0 Å². The lowest BCUT2D eigenvalue weighted by Crippen LogP contribution is -2.21. The van der Waals surface area contributed by atoms with Gasteiger partial charge in [0.05, 0.1) is 16.7 Å². The van der Waals surface area contributed by atoms with Gasteiger partial charge in [-0.2, -0.15) is 5.11 Å². The predicted molar refractivity (Wildman–Crippen MR) is 54.0 cm³/mol. The van der Waals surface area contributed by atoms with Gasteiger partial charge in [-0.15, -0.1) is 5.11 Å². The summed E-state index contributed by atoms with van der Waals surface area (Å²) in [6.45, 7) is 0.417. The number of fused-ring (bicyclic) bond motifs is 3. The average molecular weight is 218 g/mol. The first-order valence-electron chi connectivity index (χ1n) is 4.56. The molecule has 0 spiro atoms. The smallest absolute Gasteiger partial charge is 0.273 e. The molecule has 2 heterocycles. The van der Waals surface area contributed by atoms with Gasteiger partial charge < -0.3 is 4.74 Å². The highest BCUT2D eigenvalue weighted by atomic mass is 16.6. The number of benzene rings is 1. The number of nitro groups is 1. The summed E-state index contributed by atoms with van der Waals surface area (Å²) < 4.78 is 5.27. The molecule has 0 atom stereocenters. The molecule has 0 N–H and O–H groups in total. The Hall–Kier alpha value is -2.44. The predicted octanol–water partition coefficient (Wildman–Crippen LogP) is 2.02. The third kappa shape index (κ3) is 1.14. The zero-order valence-corrected chi connectivity index (χ0v) is 8.03. The second-order valence-electron chi connectivity index (χ2n) is 3.31. The standard InChI is InChI=1S/C9H6N4O3/c14-13(15)6-1-2-7-8(3-6)16-4-9-11-10-5-12(7)9/h1-4H,5H2. The first-order valence-corrected chi connectivity index (χ1v) is 4.56. The second-order valence-corrected chi connectivity index (χ2v) is 3.31. The highest BCUT2D eigenvalue weighted by Crippen LogP contribution is 2.39. The summed E-state index contributed by atoms with van der Waals surface area (Å²) >= 11 is 0. The lowest BCUT2D eigenvalue weighted by atomic mass is 10.2. The maximum Gasteiger partial charge on any atom is 0.273 e. The van der Waals surface area contributed by atoms with E-state index < -0.39 is 4.92 Å². The van der Waals surface area contributed by atoms with E-state index in [0.717, 1.165) is 5.69 Å². The van der Waals surface area contributed by atoms with Crippen molar-refractivity contribution in [1.29, 1.82) is 0 Å². The Kier molecular flexibility index (Phi) is 1.67. The molecule has 0 aromatic heterocycles. The normalized spacial score (nSPS) is 16.2. The molecule has 1 aromatic carbocycles. The van der Waals surface area contributed by atoms with Crippen LogP contribution in [0, 0.1) is 10.1 Å². The van der Waals surface area contributed by atoms with Crippen molar-refractivity contribution in [2.24, 2.45) is 10.2 Å². The number of nitrogens with zero attached hydrogens (tertiary/aromatic N) is 4. The second kappa shape index (κ2) is 3.02. The fraction of sp³-hybridized carbons (Fsp3) is 0.111. The first-order chi connectivity index (χ1) is 7.75. The van der Waals surface area contributed by atoms with Crippen molar-refractivity contribution in [1.82, 2.24) is 0 Å². The van der Waals surface area contributed by atoms with Crippen LogP contribution < -0.4 is 9.64 Å². The SMILES string of the molecule is O=[N+]([O-])c1ccc2c(c1)OC=C1N=NCN12. The average Bonchev–Trinajstić information content (AvgIpc) is 2.76. The van der Waals surface area contributed by atoms with Crippen molar-refractivity contribution in [3.05, 3.63) is 40.4 Å². The van der Waals surface area contributed by atoms with E-state index in [1.165, 1.54) is 18.4 Å². The first kappa shape index (κ1) is 8.84. The van der Waals surface area contributed by atoms with Crippen molar-refractivity contribution in [2.75, 3.05) is 11.6 Å². The van der Waals surface area contributed by atoms with E-state index in [0.29, 0.717) is 18.2 Å². The minimum atomic E-state index is -0.457. The van der Waals surface area contributed by atoms with Crippen molar-refractivity contribution in [3.63, 3.8) is 0 Å². The van der Waals surface area contributed by atoms with E-state index in [4.69, 9.17) is 4.74 Å². The molecule has 80 valence electrons. The molecule has 0 bridgehead atoms. The molecule has 16 heavy (non-hydrogen) atoms. The fourth-order valence-corrected chi connectivity index (χ4v) is 1.63. The number of rotatable bonds is 1. The molecule has 7 heteroatoms. The number of anilines is 1. The van der Waals surface area contributed by atoms with Gasteiger partial charge in [-0.1, -0.05) is 0 Å². The van der Waals surface area contributed by atoms with Gasteiger partial charge in [-0.05, 0) is 6.07 Å². The maximum absolute atomic E-state index is 10.6. The summed E-state index contributed by atoms with van der Waals surface area (Å²) in [5.41, 5.74) is 0.747. The van der Waals surface area contributed by atoms with Gasteiger partial charge in [0.25, 0.3) is 5.69 Å². The Morgan fingerprint density at radius 1 is 1.50 bits per heavy atom. The van der Waals surface area contributed by atoms with Crippen LogP contribution in [0.15, 0.2) is 40.5 Å². The van der Waals surface area contributed by atoms with E-state index in [1.807, 2.05) is 4.90 Å². The molecule has 0 unspecified atom stereocenters. The van der Waals surface area contributed by atoms with Gasteiger partial charge in [0.15, 0.2) is 11.6 Å². The summed E-state index contributed by atoms with van der Waals surface area (Å²) in [5, 5.41) is 18.3. The molecule has 1 aromatic rings. The summed E-state index contributed by atoms with van der Waals surface area (Å²) in [5.74, 6) is 1.06. The van der Waals surface area contributed by atoms with Crippen LogP contribution in [0.25, 0.3) is 0 Å². The van der Waals surface area contributed by atoms with E-state index >= 15 is 0 Å². The molecule has 0 radical (unpaired) electrons. The zero-order valence-electron chi connectivity index (χ0n) is 8.03. The van der Waals surface area contributed by atoms with Crippen LogP contribution in [-0.2, 0) is 0 Å². The van der Waals surface area contributed by atoms with E-state index in [1.54, 1.807) is 6.07 Å². The van der Waals surface area contributed by atoms with Gasteiger partial charge in [-0.3, -0.25) is 15.0 Å². The van der Waals surface area contributed by atoms with E-state index in [-0.39, 0.29) is 5.69 Å². The van der Waals surface area contributed by atoms with Crippen LogP contribution in [-0.4, -0.2) is 11.6 Å². The van der Waals surface area contributed by atoms with E-state index in [2.05, 4.69) is 10.2 Å². The molecule has 3 rings (SSSR count). The minimum absolute atomic E-state index is 0.00340. The fourth-order valence-electron chi connectivity index (χ4n) is 1.63. The van der Waals surface area contributed by atoms with Crippen molar-refractivity contribution in [2.45, 2.75) is 0 Å². The van der Waals surface area contributed by atoms with Gasteiger partial charge in [0, 0.05) is 6.07 Å². The van der Waals surface area contributed by atoms with Gasteiger partial charge in [0.2, 0.25) is 0 Å². The van der Waals surface area contributed by atoms with Crippen LogP contribution in [0.5, 0.6) is 5.75 Å². The molecule has 2 aliphatic heterocycles. The molecule has 7 nitrogen and oxygen atoms in total. The largest absolute Gasteiger partial charge is 0.459 e. The quantitative estimate of drug-likeness (QED) is 0.533. The number of ether oxygens (including phenoxy) is 1. The van der Waals surface area contributed by atoms with Crippen molar-refractivity contribution < 1.29 is 9.66 Å². The van der Waals surface area contributed by atoms with Crippen LogP contribution >= 0.6 is 0 Å². The Bertz CT molecular complexity index is 538. The molecular formula is C9H6N4O3. The highest BCUT2D eigenvalue weighted by molar-refractivity contribution is 5.67. The summed E-state index contributed by atoms with van der Waals surface area (Å²) in [4.78, 5) is 12.0. The molecule has 0 saturated heterocycles. The summed E-state index contributed by atoms with van der Waals surface area (Å²) in [6.07, 6.45) is 1.43. The number of azo groups is 1. The monoisotopic (exact) mass is 218 g/mol. The summed E-state index contributed by atoms with van der Waals surface area (Å²) in [6, 6.07) is 4.46. The molecule has 2 aliphatic rings. The molecule has 0 fully saturated rings. The zero-order chi connectivity index (χ0) is 11.1. The Balaban J connectivity index is 2.07. The number of hydrogen-bond donors (Lipinski definition) is 0. The van der Waals surface area contributed by atoms with E-state index in [9.17, 15) is 10.1 Å². The third-order valence-electron chi connectivity index (χ3n) is 2.39. The number of nitro benzene ring substituents is 1. The van der Waals surface area contributed by atoms with Gasteiger partial charge >= 0.3 is 0 Å². The van der Waals surface area contributed by atoms with Crippen LogP contribution in [0.1, 0.15) is 0 Å². The van der Waals surface area contributed by atoms with Crippen LogP contribution in [0.4, 0.5) is 11.4 Å². The maximum atomic E-state index is 10.6. The molecule has 0 saturated carbocycles. The van der Waals surface area contributed by atoms with Crippen LogP contribution in [0.2, 0.25) is 0 Å². The minimum Gasteiger partial charge on any atom is -0.459 e. The number of hydrogen-bond acceptors (Lipinski definition) is 6. The third-order valence-corrected chi connectivity index (χ3v) is 2.39. The molecule has 0 amide bonds. The van der Waals surface area contributed by atoms with Gasteiger partial charge in [0.1, 0.15) is 12.9 Å². The van der Waals surface area contributed by atoms with Crippen molar-refractivity contribution >= 4 is 11.4 Å². The van der Waals surface area contributed by atoms with Crippen molar-refractivity contribution in [3.8, 4) is 5.75 Å². The molecule has 0 aliphatic carbocycles. The lowest BCUT2D eigenvalue weighted by Gasteiger charge is -2.23. The summed E-state index contributed by atoms with van der Waals surface area (Å²) in [7, 11) is 0. The molecular weight excluding hydrogens is 212 g/mol. The van der Waals surface area contributed by atoms with Gasteiger partial charge in [-0.25, -0.2) is 0 Å². The Labute approximate surface area is 89.8 Å². The Morgan fingerprint density at radius 2 is 2.38 bits per heavy atom. The Morgan fingerprint density at radius 3 is 3.19 bits per heavy atom. The topological polar surface area (TPSA) is 80.3 Å². The lowest BCUT2D eigenvalue weighted by molar-refractivity contribution is -0.384. The highest BCUT2D eigenvalue weighted by Gasteiger charge is 2.26.